The number of para-hydroxylation sites is 1. The van der Waals surface area contributed by atoms with Crippen LogP contribution >= 0.6 is 0 Å². The number of amides is 1. The summed E-state index contributed by atoms with van der Waals surface area (Å²) in [7, 11) is 0. The van der Waals surface area contributed by atoms with Crippen molar-refractivity contribution >= 4 is 5.91 Å². The molecule has 6 rings (SSSR count). The van der Waals surface area contributed by atoms with Gasteiger partial charge >= 0.3 is 0 Å². The van der Waals surface area contributed by atoms with Gasteiger partial charge in [-0.05, 0) is 35.7 Å². The Kier molecular flexibility index (Phi) is 6.35. The number of fused-ring (bicyclic) bond motifs is 3. The maximum atomic E-state index is 13.1. The Bertz CT molecular complexity index is 1070. The van der Waals surface area contributed by atoms with Gasteiger partial charge in [-0.1, -0.05) is 35.5 Å². The molecule has 2 N–H and O–H groups in total. The molecule has 1 unspecified atom stereocenters. The van der Waals surface area contributed by atoms with Gasteiger partial charge in [0.2, 0.25) is 5.91 Å². The fraction of sp³-hybridized carbons (Fsp3) is 0.400. The lowest BCUT2D eigenvalue weighted by atomic mass is 9.75. The number of halogens is 1. The van der Waals surface area contributed by atoms with E-state index in [1.54, 1.807) is 12.1 Å². The van der Waals surface area contributed by atoms with Crippen LogP contribution in [-0.2, 0) is 24.5 Å². The van der Waals surface area contributed by atoms with E-state index in [-0.39, 0.29) is 17.6 Å². The van der Waals surface area contributed by atoms with Crippen molar-refractivity contribution < 1.29 is 18.8 Å². The summed E-state index contributed by atoms with van der Waals surface area (Å²) in [5, 5.41) is 11.6. The van der Waals surface area contributed by atoms with E-state index < -0.39 is 0 Å². The number of piperidine rings is 3. The molecule has 0 saturated carbocycles. The molecule has 3 aliphatic rings. The van der Waals surface area contributed by atoms with Crippen molar-refractivity contribution in [3.8, 4) is 5.75 Å². The first-order valence-electron chi connectivity index (χ1n) is 11.6. The molecule has 1 amide bonds. The van der Waals surface area contributed by atoms with Crippen molar-refractivity contribution in [2.75, 3.05) is 13.1 Å². The maximum Gasteiger partial charge on any atom is 0.229 e. The minimum Gasteiger partial charge on any atom is -0.487 e. The van der Waals surface area contributed by atoms with E-state index in [2.05, 4.69) is 15.6 Å². The van der Waals surface area contributed by atoms with E-state index in [9.17, 15) is 9.18 Å². The number of carbonyl (C=O) groups excluding carboxylic acids is 1. The molecule has 2 aromatic carbocycles. The van der Waals surface area contributed by atoms with Gasteiger partial charge in [-0.3, -0.25) is 4.79 Å². The van der Waals surface area contributed by atoms with Gasteiger partial charge in [0.1, 0.15) is 29.9 Å². The molecule has 33 heavy (non-hydrogen) atoms. The number of rotatable bonds is 8. The molecule has 4 atom stereocenters. The fourth-order valence-corrected chi connectivity index (χ4v) is 5.13. The molecular formula is C25H29FN5O2+. The molecule has 0 radical (unpaired) electrons. The van der Waals surface area contributed by atoms with Crippen LogP contribution in [0.5, 0.6) is 5.75 Å². The topological polar surface area (TPSA) is 73.5 Å². The zero-order valence-electron chi connectivity index (χ0n) is 18.5. The van der Waals surface area contributed by atoms with Gasteiger partial charge in [0, 0.05) is 19.4 Å². The summed E-state index contributed by atoms with van der Waals surface area (Å²) in [6, 6.07) is 16.4. The normalized spacial score (nSPS) is 23.9. The van der Waals surface area contributed by atoms with Gasteiger partial charge in [0.05, 0.1) is 31.7 Å². The number of quaternary nitrogens is 1. The molecule has 8 heteroatoms. The highest BCUT2D eigenvalue weighted by Gasteiger charge is 2.46. The molecule has 172 valence electrons. The summed E-state index contributed by atoms with van der Waals surface area (Å²) in [6.07, 6.45) is 4.05. The van der Waals surface area contributed by atoms with E-state index >= 15 is 0 Å². The van der Waals surface area contributed by atoms with Crippen molar-refractivity contribution in [1.82, 2.24) is 20.3 Å². The lowest BCUT2D eigenvalue weighted by molar-refractivity contribution is -0.945. The van der Waals surface area contributed by atoms with Crippen LogP contribution in [0.1, 0.15) is 24.1 Å². The summed E-state index contributed by atoms with van der Waals surface area (Å²) >= 11 is 0. The number of ether oxygens (including phenoxy) is 1. The monoisotopic (exact) mass is 450 g/mol. The Labute approximate surface area is 192 Å². The zero-order valence-corrected chi connectivity index (χ0v) is 18.5. The smallest absolute Gasteiger partial charge is 0.229 e. The van der Waals surface area contributed by atoms with Crippen LogP contribution in [0.15, 0.2) is 60.8 Å². The molecule has 4 heterocycles. The van der Waals surface area contributed by atoms with Crippen molar-refractivity contribution in [3.63, 3.8) is 0 Å². The van der Waals surface area contributed by atoms with E-state index in [1.807, 2.05) is 41.2 Å². The molecule has 0 aliphatic carbocycles. The number of nitrogens with zero attached hydrogens (tertiary/aromatic N) is 3. The highest BCUT2D eigenvalue weighted by Crippen LogP contribution is 2.27. The fourth-order valence-electron chi connectivity index (χ4n) is 5.13. The average Bonchev–Trinajstić information content (AvgIpc) is 3.30. The highest BCUT2D eigenvalue weighted by molar-refractivity contribution is 5.79. The van der Waals surface area contributed by atoms with E-state index in [1.165, 1.54) is 17.0 Å². The summed E-state index contributed by atoms with van der Waals surface area (Å²) < 4.78 is 20.7. The van der Waals surface area contributed by atoms with Gasteiger partial charge in [0.15, 0.2) is 0 Å². The number of aromatic nitrogens is 3. The van der Waals surface area contributed by atoms with E-state index in [0.29, 0.717) is 25.1 Å². The quantitative estimate of drug-likeness (QED) is 0.547. The minimum atomic E-state index is -0.264. The Morgan fingerprint density at radius 2 is 2.00 bits per heavy atom. The average molecular weight is 451 g/mol. The van der Waals surface area contributed by atoms with Crippen LogP contribution in [-0.4, -0.2) is 40.0 Å². The standard InChI is InChI=1S/C25H28FN5O2/c26-20-8-6-18(7-9-20)13-27-25(32)24-16-30-11-10-19(24)12-22(30)15-31-14-21(28-29-31)17-33-23-4-2-1-3-5-23/h1-9,14,19,22,24H,10-13,15-17H2,(H,27,32)/p+1/t19-,22-,24+/m1/s1. The van der Waals surface area contributed by atoms with Gasteiger partial charge in [-0.25, -0.2) is 9.07 Å². The predicted octanol–water partition coefficient (Wildman–Crippen LogP) is 1.61. The summed E-state index contributed by atoms with van der Waals surface area (Å²) in [5.41, 5.74) is 1.72. The molecule has 3 aromatic rings. The number of benzene rings is 2. The van der Waals surface area contributed by atoms with E-state index in [0.717, 1.165) is 49.5 Å². The Hall–Kier alpha value is -3.26. The number of hydrogen-bond donors (Lipinski definition) is 2. The van der Waals surface area contributed by atoms with Crippen molar-refractivity contribution in [3.05, 3.63) is 77.9 Å². The molecular weight excluding hydrogens is 421 g/mol. The summed E-state index contributed by atoms with van der Waals surface area (Å²) in [5.74, 6) is 1.10. The van der Waals surface area contributed by atoms with Crippen LogP contribution in [0, 0.1) is 17.7 Å². The first-order chi connectivity index (χ1) is 16.1. The third kappa shape index (κ3) is 5.22. The Balaban J connectivity index is 1.12. The molecule has 3 fully saturated rings. The first-order valence-corrected chi connectivity index (χ1v) is 11.6. The predicted molar refractivity (Wildman–Crippen MR) is 120 cm³/mol. The van der Waals surface area contributed by atoms with Crippen molar-refractivity contribution in [2.24, 2.45) is 11.8 Å². The van der Waals surface area contributed by atoms with E-state index in [4.69, 9.17) is 4.74 Å². The summed E-state index contributed by atoms with van der Waals surface area (Å²) in [4.78, 5) is 14.3. The minimum absolute atomic E-state index is 0.0380. The van der Waals surface area contributed by atoms with Crippen LogP contribution in [0.3, 0.4) is 0 Å². The second kappa shape index (κ2) is 9.70. The Morgan fingerprint density at radius 3 is 2.76 bits per heavy atom. The van der Waals surface area contributed by atoms with Crippen molar-refractivity contribution in [2.45, 2.75) is 38.6 Å². The third-order valence-corrected chi connectivity index (χ3v) is 6.89. The Morgan fingerprint density at radius 1 is 1.18 bits per heavy atom. The maximum absolute atomic E-state index is 13.1. The van der Waals surface area contributed by atoms with Crippen LogP contribution in [0.25, 0.3) is 0 Å². The first kappa shape index (κ1) is 21.6. The van der Waals surface area contributed by atoms with Crippen LogP contribution in [0.4, 0.5) is 4.39 Å². The van der Waals surface area contributed by atoms with Crippen molar-refractivity contribution in [1.29, 1.82) is 0 Å². The number of nitrogens with one attached hydrogen (secondary N) is 2. The molecule has 0 spiro atoms. The van der Waals surface area contributed by atoms with Crippen LogP contribution in [0.2, 0.25) is 0 Å². The highest BCUT2D eigenvalue weighted by atomic mass is 19.1. The number of hydrogen-bond acceptors (Lipinski definition) is 4. The molecule has 7 nitrogen and oxygen atoms in total. The van der Waals surface area contributed by atoms with Gasteiger partial charge < -0.3 is 15.0 Å². The molecule has 1 aromatic heterocycles. The second-order valence-electron chi connectivity index (χ2n) is 9.08. The largest absolute Gasteiger partial charge is 0.487 e. The molecule has 2 bridgehead atoms. The second-order valence-corrected chi connectivity index (χ2v) is 9.08. The van der Waals surface area contributed by atoms with Gasteiger partial charge in [0.25, 0.3) is 0 Å². The lowest BCUT2D eigenvalue weighted by Gasteiger charge is -2.46. The molecule has 3 saturated heterocycles. The lowest BCUT2D eigenvalue weighted by Crippen LogP contribution is -3.20. The van der Waals surface area contributed by atoms with Gasteiger partial charge in [-0.2, -0.15) is 0 Å². The third-order valence-electron chi connectivity index (χ3n) is 6.89. The number of carbonyl (C=O) groups is 1. The molecule has 3 aliphatic heterocycles. The zero-order chi connectivity index (χ0) is 22.6. The van der Waals surface area contributed by atoms with Gasteiger partial charge in [-0.15, -0.1) is 5.10 Å². The van der Waals surface area contributed by atoms with Crippen LogP contribution < -0.4 is 15.0 Å². The SMILES string of the molecule is O=C(NCc1ccc(F)cc1)[C@H]1C[NH+]2CC[C@@H]1C[C@@H]2Cn1cc(COc2ccccc2)nn1. The summed E-state index contributed by atoms with van der Waals surface area (Å²) in [6.45, 7) is 3.57.